The van der Waals surface area contributed by atoms with Gasteiger partial charge in [-0.25, -0.2) is 9.99 Å². The van der Waals surface area contributed by atoms with Gasteiger partial charge < -0.3 is 4.90 Å². The fourth-order valence-corrected chi connectivity index (χ4v) is 3.37. The molecule has 0 aliphatic carbocycles. The number of rotatable bonds is 2. The zero-order chi connectivity index (χ0) is 15.9. The lowest BCUT2D eigenvalue weighted by Gasteiger charge is -2.32. The normalized spacial score (nSPS) is 17.1. The molecule has 1 saturated heterocycles. The third kappa shape index (κ3) is 2.88. The van der Waals surface area contributed by atoms with Crippen LogP contribution in [0.2, 0.25) is 0 Å². The van der Waals surface area contributed by atoms with Gasteiger partial charge in [0.1, 0.15) is 5.69 Å². The minimum Gasteiger partial charge on any atom is -0.304 e. The summed E-state index contributed by atoms with van der Waals surface area (Å²) < 4.78 is 2.76. The van der Waals surface area contributed by atoms with E-state index in [4.69, 9.17) is 0 Å². The molecule has 1 aliphatic rings. The maximum Gasteiger partial charge on any atom is 0.284 e. The molecule has 0 bridgehead atoms. The van der Waals surface area contributed by atoms with E-state index in [2.05, 4.69) is 38.3 Å². The third-order valence-corrected chi connectivity index (χ3v) is 4.55. The Kier molecular flexibility index (Phi) is 4.20. The fraction of sp³-hybridized carbons (Fsp3) is 0.467. The molecule has 1 amide bonds. The molecule has 2 aromatic rings. The summed E-state index contributed by atoms with van der Waals surface area (Å²) >= 11 is 3.52. The Morgan fingerprint density at radius 2 is 1.95 bits per heavy atom. The van der Waals surface area contributed by atoms with E-state index in [1.54, 1.807) is 0 Å². The Balaban J connectivity index is 1.89. The summed E-state index contributed by atoms with van der Waals surface area (Å²) in [6, 6.07) is 2.00. The first-order valence-electron chi connectivity index (χ1n) is 7.35. The van der Waals surface area contributed by atoms with Crippen molar-refractivity contribution < 1.29 is 4.79 Å². The second-order valence-corrected chi connectivity index (χ2v) is 6.69. The summed E-state index contributed by atoms with van der Waals surface area (Å²) in [5.41, 5.74) is 6.18. The van der Waals surface area contributed by atoms with E-state index < -0.39 is 0 Å². The van der Waals surface area contributed by atoms with E-state index in [0.717, 1.165) is 47.6 Å². The molecule has 22 heavy (non-hydrogen) atoms. The van der Waals surface area contributed by atoms with Crippen molar-refractivity contribution in [3.05, 3.63) is 33.7 Å². The topological polar surface area (TPSA) is 52.9 Å². The number of pyridine rings is 1. The van der Waals surface area contributed by atoms with Crippen LogP contribution < -0.4 is 5.43 Å². The largest absolute Gasteiger partial charge is 0.304 e. The molecule has 1 fully saturated rings. The van der Waals surface area contributed by atoms with Crippen molar-refractivity contribution >= 4 is 27.5 Å². The number of imidazole rings is 1. The number of hydrogen-bond acceptors (Lipinski definition) is 4. The van der Waals surface area contributed by atoms with Gasteiger partial charge in [-0.05, 0) is 48.5 Å². The summed E-state index contributed by atoms with van der Waals surface area (Å²) in [5, 5.41) is 1.98. The van der Waals surface area contributed by atoms with E-state index in [1.165, 1.54) is 0 Å². The average Bonchev–Trinajstić information content (AvgIpc) is 2.78. The van der Waals surface area contributed by atoms with Crippen LogP contribution in [0.15, 0.2) is 16.7 Å². The zero-order valence-electron chi connectivity index (χ0n) is 13.1. The molecule has 0 atom stereocenters. The maximum absolute atomic E-state index is 12.7. The van der Waals surface area contributed by atoms with Crippen LogP contribution in [0, 0.1) is 13.8 Å². The lowest BCUT2D eigenvalue weighted by molar-refractivity contribution is 0.0656. The summed E-state index contributed by atoms with van der Waals surface area (Å²) in [7, 11) is 2.09. The average molecular weight is 366 g/mol. The number of carbonyl (C=O) groups is 1. The van der Waals surface area contributed by atoms with E-state index >= 15 is 0 Å². The van der Waals surface area contributed by atoms with Gasteiger partial charge in [-0.3, -0.25) is 14.6 Å². The molecule has 1 aliphatic heterocycles. The second kappa shape index (κ2) is 5.98. The first-order valence-corrected chi connectivity index (χ1v) is 8.14. The Hall–Kier alpha value is -1.44. The number of fused-ring (bicyclic) bond motifs is 1. The molecule has 118 valence electrons. The van der Waals surface area contributed by atoms with E-state index in [9.17, 15) is 4.79 Å². The van der Waals surface area contributed by atoms with Gasteiger partial charge in [0.25, 0.3) is 5.91 Å². The predicted octanol–water partition coefficient (Wildman–Crippen LogP) is 1.61. The Morgan fingerprint density at radius 3 is 2.64 bits per heavy atom. The first kappa shape index (κ1) is 15.5. The molecule has 7 heteroatoms. The van der Waals surface area contributed by atoms with Gasteiger partial charge in [-0.15, -0.1) is 0 Å². The minimum atomic E-state index is -0.105. The smallest absolute Gasteiger partial charge is 0.284 e. The van der Waals surface area contributed by atoms with Crippen LogP contribution >= 0.6 is 15.9 Å². The van der Waals surface area contributed by atoms with Gasteiger partial charge >= 0.3 is 0 Å². The van der Waals surface area contributed by atoms with E-state index in [-0.39, 0.29) is 5.91 Å². The second-order valence-electron chi connectivity index (χ2n) is 5.84. The van der Waals surface area contributed by atoms with Crippen LogP contribution in [-0.4, -0.2) is 58.4 Å². The van der Waals surface area contributed by atoms with Crippen LogP contribution in [0.1, 0.15) is 21.7 Å². The lowest BCUT2D eigenvalue weighted by Crippen LogP contribution is -2.52. The van der Waals surface area contributed by atoms with Crippen molar-refractivity contribution in [1.82, 2.24) is 24.7 Å². The van der Waals surface area contributed by atoms with Crippen LogP contribution in [0.5, 0.6) is 0 Å². The van der Waals surface area contributed by atoms with Crippen LogP contribution in [-0.2, 0) is 0 Å². The molecule has 1 N–H and O–H groups in total. The molecule has 3 heterocycles. The Morgan fingerprint density at radius 1 is 1.27 bits per heavy atom. The van der Waals surface area contributed by atoms with Crippen molar-refractivity contribution in [2.24, 2.45) is 0 Å². The number of hydrogen-bond donors (Lipinski definition) is 1. The van der Waals surface area contributed by atoms with Gasteiger partial charge in [0, 0.05) is 32.4 Å². The number of carbonyl (C=O) groups excluding carboxylic acids is 1. The van der Waals surface area contributed by atoms with Crippen LogP contribution in [0.4, 0.5) is 0 Å². The van der Waals surface area contributed by atoms with Crippen molar-refractivity contribution in [2.45, 2.75) is 13.8 Å². The molecular weight excluding hydrogens is 346 g/mol. The van der Waals surface area contributed by atoms with Gasteiger partial charge in [0.15, 0.2) is 5.65 Å². The third-order valence-electron chi connectivity index (χ3n) is 3.96. The summed E-state index contributed by atoms with van der Waals surface area (Å²) in [6.07, 6.45) is 1.94. The number of piperazine rings is 1. The van der Waals surface area contributed by atoms with Crippen LogP contribution in [0.25, 0.3) is 5.65 Å². The molecule has 2 aromatic heterocycles. The zero-order valence-corrected chi connectivity index (χ0v) is 14.6. The number of aryl methyl sites for hydroxylation is 2. The summed E-state index contributed by atoms with van der Waals surface area (Å²) in [4.78, 5) is 19.4. The fourth-order valence-electron chi connectivity index (χ4n) is 2.73. The number of likely N-dealkylation sites (N-methyl/N-ethyl adjacent to an activating group) is 1. The highest BCUT2D eigenvalue weighted by Gasteiger charge is 2.22. The molecular formula is C15H20BrN5O. The number of aromatic nitrogens is 2. The van der Waals surface area contributed by atoms with Gasteiger partial charge in [0.2, 0.25) is 0 Å². The Labute approximate surface area is 138 Å². The first-order chi connectivity index (χ1) is 10.5. The number of amides is 1. The number of nitrogens with zero attached hydrogens (tertiary/aromatic N) is 4. The van der Waals surface area contributed by atoms with Crippen molar-refractivity contribution in [1.29, 1.82) is 0 Å². The standard InChI is InChI=1S/C15H20BrN5O/c1-10-8-12(16)14-17-11(2)13(21(14)9-10)15(22)18-20-6-4-19(3)5-7-20/h8-9H,4-7H2,1-3H3,(H,18,22). The highest BCUT2D eigenvalue weighted by molar-refractivity contribution is 9.10. The van der Waals surface area contributed by atoms with Gasteiger partial charge in [-0.1, -0.05) is 0 Å². The molecule has 6 nitrogen and oxygen atoms in total. The molecule has 0 radical (unpaired) electrons. The van der Waals surface area contributed by atoms with Gasteiger partial charge in [-0.2, -0.15) is 0 Å². The van der Waals surface area contributed by atoms with E-state index in [1.807, 2.05) is 35.5 Å². The van der Waals surface area contributed by atoms with Gasteiger partial charge in [0.05, 0.1) is 10.2 Å². The van der Waals surface area contributed by atoms with Crippen molar-refractivity contribution in [3.8, 4) is 0 Å². The highest BCUT2D eigenvalue weighted by Crippen LogP contribution is 2.22. The Bertz CT molecular complexity index is 718. The van der Waals surface area contributed by atoms with Crippen molar-refractivity contribution in [2.75, 3.05) is 33.2 Å². The summed E-state index contributed by atoms with van der Waals surface area (Å²) in [5.74, 6) is -0.105. The molecule has 0 saturated carbocycles. The van der Waals surface area contributed by atoms with Crippen LogP contribution in [0.3, 0.4) is 0 Å². The minimum absolute atomic E-state index is 0.105. The summed E-state index contributed by atoms with van der Waals surface area (Å²) in [6.45, 7) is 7.45. The molecule has 0 unspecified atom stereocenters. The van der Waals surface area contributed by atoms with E-state index in [0.29, 0.717) is 5.69 Å². The van der Waals surface area contributed by atoms with Crippen molar-refractivity contribution in [3.63, 3.8) is 0 Å². The molecule has 0 aromatic carbocycles. The quantitative estimate of drug-likeness (QED) is 0.878. The lowest BCUT2D eigenvalue weighted by atomic mass is 10.3. The predicted molar refractivity (Wildman–Crippen MR) is 88.9 cm³/mol. The number of hydrazine groups is 1. The number of nitrogens with one attached hydrogen (secondary N) is 1. The monoisotopic (exact) mass is 365 g/mol. The maximum atomic E-state index is 12.7. The SMILES string of the molecule is Cc1cc(Br)c2nc(C)c(C(=O)NN3CCN(C)CC3)n2c1. The number of halogens is 1. The highest BCUT2D eigenvalue weighted by atomic mass is 79.9. The molecule has 3 rings (SSSR count). The molecule has 0 spiro atoms.